The first-order valence-electron chi connectivity index (χ1n) is 6.71. The van der Waals surface area contributed by atoms with E-state index < -0.39 is 12.1 Å². The fourth-order valence-corrected chi connectivity index (χ4v) is 2.49. The van der Waals surface area contributed by atoms with Crippen molar-refractivity contribution < 1.29 is 14.4 Å². The predicted molar refractivity (Wildman–Crippen MR) is 68.2 cm³/mol. The Morgan fingerprint density at radius 1 is 1.47 bits per heavy atom. The van der Waals surface area contributed by atoms with Crippen molar-refractivity contribution in [1.82, 2.24) is 20.9 Å². The van der Waals surface area contributed by atoms with Crippen LogP contribution in [-0.2, 0) is 14.4 Å². The molecule has 0 radical (unpaired) electrons. The molecule has 7 nitrogen and oxygen atoms in total. The van der Waals surface area contributed by atoms with Crippen LogP contribution >= 0.6 is 0 Å². The molecule has 2 heterocycles. The Morgan fingerprint density at radius 3 is 2.89 bits per heavy atom. The van der Waals surface area contributed by atoms with Gasteiger partial charge in [-0.3, -0.25) is 14.4 Å². The first-order chi connectivity index (χ1) is 9.13. The summed E-state index contributed by atoms with van der Waals surface area (Å²) in [5.74, 6) is -0.390. The molecule has 2 aliphatic rings. The molecule has 106 valence electrons. The summed E-state index contributed by atoms with van der Waals surface area (Å²) >= 11 is 0. The van der Waals surface area contributed by atoms with Crippen LogP contribution in [0.3, 0.4) is 0 Å². The third-order valence-electron chi connectivity index (χ3n) is 3.47. The molecule has 2 aliphatic heterocycles. The fraction of sp³-hybridized carbons (Fsp3) is 0.750. The van der Waals surface area contributed by atoms with E-state index in [2.05, 4.69) is 16.0 Å². The summed E-state index contributed by atoms with van der Waals surface area (Å²) in [5.41, 5.74) is 0. The molecule has 19 heavy (non-hydrogen) atoms. The van der Waals surface area contributed by atoms with Gasteiger partial charge in [0.1, 0.15) is 12.1 Å². The molecular weight excluding hydrogens is 248 g/mol. The molecule has 0 bridgehead atoms. The highest BCUT2D eigenvalue weighted by Gasteiger charge is 2.37. The second kappa shape index (κ2) is 6.01. The monoisotopic (exact) mass is 268 g/mol. The Morgan fingerprint density at radius 2 is 2.26 bits per heavy atom. The highest BCUT2D eigenvalue weighted by atomic mass is 16.2. The lowest BCUT2D eigenvalue weighted by atomic mass is 10.1. The Balaban J connectivity index is 2.04. The summed E-state index contributed by atoms with van der Waals surface area (Å²) in [4.78, 5) is 37.1. The van der Waals surface area contributed by atoms with Gasteiger partial charge in [-0.25, -0.2) is 0 Å². The molecule has 2 fully saturated rings. The van der Waals surface area contributed by atoms with Crippen molar-refractivity contribution in [3.8, 4) is 0 Å². The maximum atomic E-state index is 12.4. The SMILES string of the molecule is CCNC(=O)C1CNCCN1C(=O)C1CCC(=O)N1. The van der Waals surface area contributed by atoms with Gasteiger partial charge in [0.05, 0.1) is 0 Å². The molecule has 7 heteroatoms. The predicted octanol–water partition coefficient (Wildman–Crippen LogP) is -1.80. The average molecular weight is 268 g/mol. The lowest BCUT2D eigenvalue weighted by Gasteiger charge is -2.36. The van der Waals surface area contributed by atoms with Crippen molar-refractivity contribution in [2.75, 3.05) is 26.2 Å². The van der Waals surface area contributed by atoms with E-state index in [9.17, 15) is 14.4 Å². The van der Waals surface area contributed by atoms with Crippen LogP contribution in [0.4, 0.5) is 0 Å². The van der Waals surface area contributed by atoms with Crippen LogP contribution in [0, 0.1) is 0 Å². The number of rotatable bonds is 3. The van der Waals surface area contributed by atoms with Crippen molar-refractivity contribution in [3.63, 3.8) is 0 Å². The first kappa shape index (κ1) is 13.8. The number of nitrogens with one attached hydrogen (secondary N) is 3. The number of likely N-dealkylation sites (N-methyl/N-ethyl adjacent to an activating group) is 1. The third kappa shape index (κ3) is 3.04. The van der Waals surface area contributed by atoms with Crippen molar-refractivity contribution in [2.24, 2.45) is 0 Å². The van der Waals surface area contributed by atoms with Gasteiger partial charge in [-0.1, -0.05) is 0 Å². The molecule has 0 aliphatic carbocycles. The van der Waals surface area contributed by atoms with E-state index in [0.29, 0.717) is 39.0 Å². The Hall–Kier alpha value is -1.63. The van der Waals surface area contributed by atoms with Gasteiger partial charge in [-0.2, -0.15) is 0 Å². The minimum absolute atomic E-state index is 0.0944. The second-order valence-corrected chi connectivity index (χ2v) is 4.80. The van der Waals surface area contributed by atoms with E-state index >= 15 is 0 Å². The molecule has 0 spiro atoms. The van der Waals surface area contributed by atoms with Crippen LogP contribution in [-0.4, -0.2) is 60.9 Å². The normalized spacial score (nSPS) is 27.0. The molecule has 2 unspecified atom stereocenters. The standard InChI is InChI=1S/C12H20N4O3/c1-2-14-11(18)9-7-13-5-6-16(9)12(19)8-3-4-10(17)15-8/h8-9,13H,2-7H2,1H3,(H,14,18)(H,15,17). The quantitative estimate of drug-likeness (QED) is 0.563. The van der Waals surface area contributed by atoms with Crippen molar-refractivity contribution in [1.29, 1.82) is 0 Å². The zero-order valence-electron chi connectivity index (χ0n) is 11.1. The van der Waals surface area contributed by atoms with Gasteiger partial charge in [0.2, 0.25) is 17.7 Å². The van der Waals surface area contributed by atoms with E-state index in [-0.39, 0.29) is 17.7 Å². The fourth-order valence-electron chi connectivity index (χ4n) is 2.49. The number of hydrogen-bond donors (Lipinski definition) is 3. The highest BCUT2D eigenvalue weighted by Crippen LogP contribution is 2.13. The van der Waals surface area contributed by atoms with Crippen LogP contribution < -0.4 is 16.0 Å². The van der Waals surface area contributed by atoms with Crippen molar-refractivity contribution >= 4 is 17.7 Å². The zero-order chi connectivity index (χ0) is 13.8. The largest absolute Gasteiger partial charge is 0.355 e. The van der Waals surface area contributed by atoms with Gasteiger partial charge in [0.15, 0.2) is 0 Å². The summed E-state index contributed by atoms with van der Waals surface area (Å²) in [7, 11) is 0. The molecule has 0 aromatic heterocycles. The van der Waals surface area contributed by atoms with Crippen molar-refractivity contribution in [2.45, 2.75) is 31.8 Å². The lowest BCUT2D eigenvalue weighted by Crippen LogP contribution is -2.62. The van der Waals surface area contributed by atoms with Crippen LogP contribution in [0.15, 0.2) is 0 Å². The molecule has 0 aromatic carbocycles. The van der Waals surface area contributed by atoms with E-state index in [1.54, 1.807) is 4.90 Å². The van der Waals surface area contributed by atoms with Crippen LogP contribution in [0.25, 0.3) is 0 Å². The Kier molecular flexibility index (Phi) is 4.36. The smallest absolute Gasteiger partial charge is 0.245 e. The lowest BCUT2D eigenvalue weighted by molar-refractivity contribution is -0.143. The average Bonchev–Trinajstić information content (AvgIpc) is 2.85. The maximum absolute atomic E-state index is 12.4. The minimum atomic E-state index is -0.487. The van der Waals surface area contributed by atoms with Gasteiger partial charge in [0, 0.05) is 32.6 Å². The van der Waals surface area contributed by atoms with Crippen molar-refractivity contribution in [3.05, 3.63) is 0 Å². The molecule has 3 amide bonds. The summed E-state index contributed by atoms with van der Waals surface area (Å²) < 4.78 is 0. The van der Waals surface area contributed by atoms with E-state index in [0.717, 1.165) is 0 Å². The summed E-state index contributed by atoms with van der Waals surface area (Å²) in [5, 5.41) is 8.52. The Labute approximate surface area is 112 Å². The van der Waals surface area contributed by atoms with Crippen LogP contribution in [0.1, 0.15) is 19.8 Å². The van der Waals surface area contributed by atoms with Gasteiger partial charge in [0.25, 0.3) is 0 Å². The van der Waals surface area contributed by atoms with E-state index in [4.69, 9.17) is 0 Å². The second-order valence-electron chi connectivity index (χ2n) is 4.80. The van der Waals surface area contributed by atoms with Gasteiger partial charge in [-0.15, -0.1) is 0 Å². The third-order valence-corrected chi connectivity index (χ3v) is 3.47. The number of carbonyl (C=O) groups excluding carboxylic acids is 3. The number of hydrogen-bond acceptors (Lipinski definition) is 4. The number of amides is 3. The molecule has 3 N–H and O–H groups in total. The number of nitrogens with zero attached hydrogens (tertiary/aromatic N) is 1. The van der Waals surface area contributed by atoms with Gasteiger partial charge in [-0.05, 0) is 13.3 Å². The van der Waals surface area contributed by atoms with Crippen LogP contribution in [0.5, 0.6) is 0 Å². The summed E-state index contributed by atoms with van der Waals surface area (Å²) in [6.45, 7) is 4.00. The molecule has 2 rings (SSSR count). The van der Waals surface area contributed by atoms with Crippen LogP contribution in [0.2, 0.25) is 0 Å². The number of carbonyl (C=O) groups is 3. The maximum Gasteiger partial charge on any atom is 0.245 e. The zero-order valence-corrected chi connectivity index (χ0v) is 11.1. The Bertz CT molecular complexity index is 385. The molecule has 0 saturated carbocycles. The molecule has 2 atom stereocenters. The minimum Gasteiger partial charge on any atom is -0.355 e. The highest BCUT2D eigenvalue weighted by molar-refractivity contribution is 5.94. The van der Waals surface area contributed by atoms with Gasteiger partial charge < -0.3 is 20.9 Å². The topological polar surface area (TPSA) is 90.5 Å². The molecular formula is C12H20N4O3. The van der Waals surface area contributed by atoms with Gasteiger partial charge >= 0.3 is 0 Å². The first-order valence-corrected chi connectivity index (χ1v) is 6.71. The van der Waals surface area contributed by atoms with E-state index in [1.807, 2.05) is 6.92 Å². The number of piperazine rings is 1. The molecule has 2 saturated heterocycles. The molecule has 0 aromatic rings. The summed E-state index contributed by atoms with van der Waals surface area (Å²) in [6.07, 6.45) is 0.901. The summed E-state index contributed by atoms with van der Waals surface area (Å²) in [6, 6.07) is -0.957. The van der Waals surface area contributed by atoms with E-state index in [1.165, 1.54) is 0 Å².